The number of hydrogen-bond acceptors (Lipinski definition) is 5. The van der Waals surface area contributed by atoms with Crippen LogP contribution in [-0.4, -0.2) is 37.2 Å². The quantitative estimate of drug-likeness (QED) is 0.754. The number of halogens is 2. The second kappa shape index (κ2) is 7.15. The smallest absolute Gasteiger partial charge is 0.164 e. The highest BCUT2D eigenvalue weighted by molar-refractivity contribution is 8.13. The van der Waals surface area contributed by atoms with Gasteiger partial charge in [-0.2, -0.15) is 0 Å². The summed E-state index contributed by atoms with van der Waals surface area (Å²) in [7, 11) is -3.22. The summed E-state index contributed by atoms with van der Waals surface area (Å²) in [5.74, 6) is -0.872. The normalized spacial score (nSPS) is 23.0. The van der Waals surface area contributed by atoms with E-state index in [4.69, 9.17) is 0 Å². The van der Waals surface area contributed by atoms with Crippen LogP contribution in [0.15, 0.2) is 41.4 Å². The van der Waals surface area contributed by atoms with Crippen LogP contribution in [0.3, 0.4) is 0 Å². The van der Waals surface area contributed by atoms with Gasteiger partial charge < -0.3 is 4.90 Å². The van der Waals surface area contributed by atoms with Gasteiger partial charge in [0.25, 0.3) is 0 Å². The van der Waals surface area contributed by atoms with E-state index in [0.29, 0.717) is 10.9 Å². The van der Waals surface area contributed by atoms with Crippen LogP contribution in [-0.2, 0) is 15.6 Å². The second-order valence-electron chi connectivity index (χ2n) is 7.30. The minimum Gasteiger partial charge on any atom is -0.312 e. The summed E-state index contributed by atoms with van der Waals surface area (Å²) < 4.78 is 52.0. The van der Waals surface area contributed by atoms with Crippen molar-refractivity contribution in [3.05, 3.63) is 64.7 Å². The number of benzene rings is 2. The van der Waals surface area contributed by atoms with E-state index in [2.05, 4.69) is 17.1 Å². The Morgan fingerprint density at radius 1 is 1.11 bits per heavy atom. The summed E-state index contributed by atoms with van der Waals surface area (Å²) in [6.45, 7) is 4.10. The molecular weight excluding hydrogens is 402 g/mol. The van der Waals surface area contributed by atoms with E-state index >= 15 is 0 Å². The fourth-order valence-electron chi connectivity index (χ4n) is 3.63. The number of hydrogen-bond donors (Lipinski definition) is 0. The molecule has 8 heteroatoms. The largest absolute Gasteiger partial charge is 0.312 e. The molecule has 1 fully saturated rings. The Bertz CT molecular complexity index is 1070. The fraction of sp³-hybridized carbons (Fsp3) is 0.350. The Hall–Kier alpha value is -1.93. The SMILES string of the molecule is Cc1ccc(CSC2=NC3CS(=O)(=O)CC3N2c2ccc(F)cc2F)cc1C. The predicted molar refractivity (Wildman–Crippen MR) is 110 cm³/mol. The van der Waals surface area contributed by atoms with Gasteiger partial charge in [-0.25, -0.2) is 17.2 Å². The molecule has 2 atom stereocenters. The fourth-order valence-corrected chi connectivity index (χ4v) is 6.54. The molecule has 28 heavy (non-hydrogen) atoms. The Morgan fingerprint density at radius 3 is 2.61 bits per heavy atom. The van der Waals surface area contributed by atoms with E-state index in [0.717, 1.165) is 11.6 Å². The van der Waals surface area contributed by atoms with Crippen LogP contribution in [0.5, 0.6) is 0 Å². The van der Waals surface area contributed by atoms with Gasteiger partial charge in [-0.15, -0.1) is 0 Å². The van der Waals surface area contributed by atoms with Gasteiger partial charge >= 0.3 is 0 Å². The first-order valence-corrected chi connectivity index (χ1v) is 11.8. The molecule has 1 saturated heterocycles. The third-order valence-corrected chi connectivity index (χ3v) is 7.95. The molecule has 0 bridgehead atoms. The summed E-state index contributed by atoms with van der Waals surface area (Å²) >= 11 is 1.45. The Morgan fingerprint density at radius 2 is 1.89 bits per heavy atom. The van der Waals surface area contributed by atoms with Crippen LogP contribution >= 0.6 is 11.8 Å². The van der Waals surface area contributed by atoms with Crippen molar-refractivity contribution in [3.63, 3.8) is 0 Å². The first kappa shape index (κ1) is 19.4. The van der Waals surface area contributed by atoms with Gasteiger partial charge in [0.1, 0.15) is 11.6 Å². The third-order valence-electron chi connectivity index (χ3n) is 5.22. The number of nitrogens with zero attached hydrogens (tertiary/aromatic N) is 2. The highest BCUT2D eigenvalue weighted by atomic mass is 32.2. The molecule has 0 radical (unpaired) electrons. The number of aryl methyl sites for hydroxylation is 2. The third kappa shape index (κ3) is 3.67. The van der Waals surface area contributed by atoms with Crippen molar-refractivity contribution in [2.75, 3.05) is 16.4 Å². The summed E-state index contributed by atoms with van der Waals surface area (Å²) in [4.78, 5) is 6.22. The van der Waals surface area contributed by atoms with Gasteiger partial charge in [0, 0.05) is 11.8 Å². The molecule has 2 heterocycles. The lowest BCUT2D eigenvalue weighted by molar-refractivity contribution is 0.577. The first-order chi connectivity index (χ1) is 13.2. The molecule has 2 aromatic rings. The number of sulfone groups is 1. The molecular formula is C20H20F2N2O2S2. The van der Waals surface area contributed by atoms with E-state index < -0.39 is 33.6 Å². The lowest BCUT2D eigenvalue weighted by Crippen LogP contribution is -2.39. The van der Waals surface area contributed by atoms with Gasteiger partial charge in [-0.1, -0.05) is 30.0 Å². The van der Waals surface area contributed by atoms with E-state index in [1.807, 2.05) is 19.9 Å². The molecule has 0 amide bonds. The maximum Gasteiger partial charge on any atom is 0.164 e. The molecule has 0 spiro atoms. The van der Waals surface area contributed by atoms with E-state index in [-0.39, 0.29) is 17.2 Å². The Kier molecular flexibility index (Phi) is 4.95. The number of fused-ring (bicyclic) bond motifs is 1. The van der Waals surface area contributed by atoms with Crippen LogP contribution in [0.25, 0.3) is 0 Å². The monoisotopic (exact) mass is 422 g/mol. The number of aliphatic imine (C=N–C) groups is 1. The number of rotatable bonds is 3. The molecule has 2 aliphatic heterocycles. The van der Waals surface area contributed by atoms with Crippen LogP contribution < -0.4 is 4.90 Å². The number of thioether (sulfide) groups is 1. The van der Waals surface area contributed by atoms with E-state index in [1.165, 1.54) is 35.0 Å². The van der Waals surface area contributed by atoms with Gasteiger partial charge in [-0.05, 0) is 42.7 Å². The average Bonchev–Trinajstić information content (AvgIpc) is 3.08. The molecule has 4 nitrogen and oxygen atoms in total. The molecule has 2 aromatic carbocycles. The van der Waals surface area contributed by atoms with Crippen LogP contribution in [0.1, 0.15) is 16.7 Å². The Labute approximate surface area is 167 Å². The zero-order valence-corrected chi connectivity index (χ0v) is 17.2. The van der Waals surface area contributed by atoms with Crippen molar-refractivity contribution in [1.82, 2.24) is 0 Å². The minimum atomic E-state index is -3.22. The van der Waals surface area contributed by atoms with E-state index in [1.54, 1.807) is 4.90 Å². The van der Waals surface area contributed by atoms with Crippen molar-refractivity contribution >= 4 is 32.5 Å². The predicted octanol–water partition coefficient (Wildman–Crippen LogP) is 3.86. The maximum atomic E-state index is 14.5. The molecule has 0 N–H and O–H groups in total. The van der Waals surface area contributed by atoms with Gasteiger partial charge in [-0.3, -0.25) is 4.99 Å². The van der Waals surface area contributed by atoms with Crippen LogP contribution in [0.4, 0.5) is 14.5 Å². The van der Waals surface area contributed by atoms with E-state index in [9.17, 15) is 17.2 Å². The van der Waals surface area contributed by atoms with Crippen molar-refractivity contribution in [3.8, 4) is 0 Å². The zero-order valence-electron chi connectivity index (χ0n) is 15.5. The summed E-state index contributed by atoms with van der Waals surface area (Å²) in [5.41, 5.74) is 3.68. The highest BCUT2D eigenvalue weighted by Gasteiger charge is 2.47. The van der Waals surface area contributed by atoms with Gasteiger partial charge in [0.15, 0.2) is 15.0 Å². The Balaban J connectivity index is 1.64. The topological polar surface area (TPSA) is 49.7 Å². The van der Waals surface area contributed by atoms with Crippen molar-refractivity contribution in [1.29, 1.82) is 0 Å². The molecule has 4 rings (SSSR count). The van der Waals surface area contributed by atoms with Crippen LogP contribution in [0, 0.1) is 25.5 Å². The number of amidine groups is 1. The minimum absolute atomic E-state index is 0.0370. The zero-order chi connectivity index (χ0) is 20.1. The standard InChI is InChI=1S/C20H20F2N2O2S2/c1-12-3-4-14(7-13(12)2)9-27-20-23-17-10-28(25,26)11-19(17)24(20)18-6-5-15(21)8-16(18)22/h3-8,17,19H,9-11H2,1-2H3. The summed E-state index contributed by atoms with van der Waals surface area (Å²) in [5, 5.41) is 0.577. The molecule has 0 saturated carbocycles. The average molecular weight is 423 g/mol. The lowest BCUT2D eigenvalue weighted by atomic mass is 10.1. The molecule has 0 aromatic heterocycles. The number of anilines is 1. The van der Waals surface area contributed by atoms with Crippen LogP contribution in [0.2, 0.25) is 0 Å². The van der Waals surface area contributed by atoms with Gasteiger partial charge in [0.05, 0.1) is 29.3 Å². The molecule has 2 aliphatic rings. The van der Waals surface area contributed by atoms with Crippen molar-refractivity contribution < 1.29 is 17.2 Å². The molecule has 0 aliphatic carbocycles. The van der Waals surface area contributed by atoms with Crippen molar-refractivity contribution in [2.24, 2.45) is 4.99 Å². The molecule has 148 valence electrons. The van der Waals surface area contributed by atoms with Crippen molar-refractivity contribution in [2.45, 2.75) is 31.7 Å². The summed E-state index contributed by atoms with van der Waals surface area (Å²) in [6, 6.07) is 8.68. The first-order valence-electron chi connectivity index (χ1n) is 8.95. The highest BCUT2D eigenvalue weighted by Crippen LogP contribution is 2.37. The second-order valence-corrected chi connectivity index (χ2v) is 10.4. The summed E-state index contributed by atoms with van der Waals surface area (Å²) in [6.07, 6.45) is 0. The lowest BCUT2D eigenvalue weighted by Gasteiger charge is -2.26. The molecule has 2 unspecified atom stereocenters. The maximum absolute atomic E-state index is 14.5. The van der Waals surface area contributed by atoms with Gasteiger partial charge in [0.2, 0.25) is 0 Å².